The fraction of sp³-hybridized carbons (Fsp3) is 0.231. The number of sulfonamides is 1. The Balaban J connectivity index is 2.50. The van der Waals surface area contributed by atoms with Gasteiger partial charge in [-0.05, 0) is 30.7 Å². The maximum absolute atomic E-state index is 12.2. The number of benzene rings is 1. The lowest BCUT2D eigenvalue weighted by atomic mass is 9.97. The molecule has 0 spiro atoms. The van der Waals surface area contributed by atoms with Crippen LogP contribution in [-0.2, 0) is 14.8 Å². The second-order valence-electron chi connectivity index (χ2n) is 4.30. The van der Waals surface area contributed by atoms with Crippen LogP contribution >= 0.6 is 23.2 Å². The number of carbonyl (C=O) groups excluding carboxylic acids is 1. The van der Waals surface area contributed by atoms with Gasteiger partial charge < -0.3 is 0 Å². The summed E-state index contributed by atoms with van der Waals surface area (Å²) in [5.41, 5.74) is 0.515. The van der Waals surface area contributed by atoms with Gasteiger partial charge in [-0.1, -0.05) is 18.2 Å². The van der Waals surface area contributed by atoms with Crippen molar-refractivity contribution in [3.63, 3.8) is 0 Å². The number of carbonyl (C=O) groups is 1. The van der Waals surface area contributed by atoms with E-state index in [1.165, 1.54) is 18.2 Å². The molecule has 2 unspecified atom stereocenters. The minimum absolute atomic E-state index is 0.0622. The SMILES string of the molecule is CC1=CC(=O)C(Cl)C(Cl)C1=NS(=O)(=O)c1ccccc1. The van der Waals surface area contributed by atoms with Crippen molar-refractivity contribution in [2.75, 3.05) is 0 Å². The van der Waals surface area contributed by atoms with Crippen molar-refractivity contribution in [2.45, 2.75) is 22.6 Å². The Morgan fingerprint density at radius 1 is 1.10 bits per heavy atom. The number of hydrogen-bond acceptors (Lipinski definition) is 3. The van der Waals surface area contributed by atoms with E-state index in [-0.39, 0.29) is 16.4 Å². The highest BCUT2D eigenvalue weighted by Crippen LogP contribution is 2.25. The Morgan fingerprint density at radius 3 is 2.30 bits per heavy atom. The molecule has 2 rings (SSSR count). The van der Waals surface area contributed by atoms with E-state index in [4.69, 9.17) is 23.2 Å². The maximum Gasteiger partial charge on any atom is 0.282 e. The molecule has 0 saturated carbocycles. The highest BCUT2D eigenvalue weighted by molar-refractivity contribution is 7.90. The van der Waals surface area contributed by atoms with Crippen molar-refractivity contribution in [1.82, 2.24) is 0 Å². The van der Waals surface area contributed by atoms with Crippen LogP contribution in [-0.4, -0.2) is 30.7 Å². The Hall–Kier alpha value is -1.17. The Bertz CT molecular complexity index is 696. The Labute approximate surface area is 127 Å². The van der Waals surface area contributed by atoms with Crippen molar-refractivity contribution >= 4 is 44.7 Å². The number of nitrogens with zero attached hydrogens (tertiary/aromatic N) is 1. The summed E-state index contributed by atoms with van der Waals surface area (Å²) in [5.74, 6) is -0.347. The van der Waals surface area contributed by atoms with Gasteiger partial charge in [0.05, 0.1) is 10.6 Å². The molecule has 20 heavy (non-hydrogen) atoms. The molecular weight excluding hydrogens is 321 g/mol. The monoisotopic (exact) mass is 331 g/mol. The van der Waals surface area contributed by atoms with E-state index in [9.17, 15) is 13.2 Å². The molecule has 0 bridgehead atoms. The third kappa shape index (κ3) is 2.95. The van der Waals surface area contributed by atoms with E-state index in [0.717, 1.165) is 0 Å². The van der Waals surface area contributed by atoms with Crippen molar-refractivity contribution < 1.29 is 13.2 Å². The van der Waals surface area contributed by atoms with Gasteiger partial charge in [-0.15, -0.1) is 23.2 Å². The van der Waals surface area contributed by atoms with Crippen molar-refractivity contribution in [3.05, 3.63) is 42.0 Å². The number of hydrogen-bond donors (Lipinski definition) is 0. The lowest BCUT2D eigenvalue weighted by Gasteiger charge is -2.21. The standard InChI is InChI=1S/C13H11Cl2NO3S/c1-8-7-10(17)11(14)12(15)13(8)16-20(18,19)9-5-3-2-4-6-9/h2-7,11-12H,1H3. The van der Waals surface area contributed by atoms with Gasteiger partial charge in [0.2, 0.25) is 0 Å². The van der Waals surface area contributed by atoms with Crippen LogP contribution in [0.2, 0.25) is 0 Å². The van der Waals surface area contributed by atoms with E-state index in [1.54, 1.807) is 25.1 Å². The molecule has 1 aliphatic rings. The van der Waals surface area contributed by atoms with Gasteiger partial charge in [-0.3, -0.25) is 4.79 Å². The highest BCUT2D eigenvalue weighted by atomic mass is 35.5. The molecule has 7 heteroatoms. The lowest BCUT2D eigenvalue weighted by molar-refractivity contribution is -0.114. The van der Waals surface area contributed by atoms with Crippen molar-refractivity contribution in [1.29, 1.82) is 0 Å². The van der Waals surface area contributed by atoms with Gasteiger partial charge in [-0.2, -0.15) is 12.8 Å². The van der Waals surface area contributed by atoms with Crippen LogP contribution < -0.4 is 0 Å². The largest absolute Gasteiger partial charge is 0.293 e. The third-order valence-corrected chi connectivity index (χ3v) is 5.17. The molecule has 0 amide bonds. The average Bonchev–Trinajstić information content (AvgIpc) is 2.42. The summed E-state index contributed by atoms with van der Waals surface area (Å²) in [6.07, 6.45) is 1.26. The van der Waals surface area contributed by atoms with E-state index in [2.05, 4.69) is 4.40 Å². The zero-order chi connectivity index (χ0) is 14.9. The molecule has 0 aliphatic heterocycles. The molecule has 106 valence electrons. The van der Waals surface area contributed by atoms with Crippen molar-refractivity contribution in [3.8, 4) is 0 Å². The van der Waals surface area contributed by atoms with Crippen LogP contribution in [0.5, 0.6) is 0 Å². The highest BCUT2D eigenvalue weighted by Gasteiger charge is 2.34. The first-order chi connectivity index (χ1) is 9.33. The van der Waals surface area contributed by atoms with Crippen LogP contribution in [0.15, 0.2) is 51.3 Å². The summed E-state index contributed by atoms with van der Waals surface area (Å²) < 4.78 is 28.1. The summed E-state index contributed by atoms with van der Waals surface area (Å²) in [6, 6.07) is 7.78. The summed E-state index contributed by atoms with van der Waals surface area (Å²) in [7, 11) is -3.87. The molecule has 0 aromatic heterocycles. The van der Waals surface area contributed by atoms with Gasteiger partial charge in [0.25, 0.3) is 10.0 Å². The minimum atomic E-state index is -3.87. The van der Waals surface area contributed by atoms with Crippen LogP contribution in [0.1, 0.15) is 6.92 Å². The van der Waals surface area contributed by atoms with Crippen LogP contribution in [0.25, 0.3) is 0 Å². The summed E-state index contributed by atoms with van der Waals surface area (Å²) in [6.45, 7) is 1.58. The normalized spacial score (nSPS) is 25.6. The molecule has 0 heterocycles. The molecule has 0 fully saturated rings. The van der Waals surface area contributed by atoms with Gasteiger partial charge in [0.1, 0.15) is 10.8 Å². The van der Waals surface area contributed by atoms with E-state index in [0.29, 0.717) is 5.57 Å². The first kappa shape index (κ1) is 15.2. The molecule has 0 N–H and O–H groups in total. The number of alkyl halides is 2. The third-order valence-electron chi connectivity index (χ3n) is 2.81. The van der Waals surface area contributed by atoms with E-state index >= 15 is 0 Å². The fourth-order valence-electron chi connectivity index (χ4n) is 1.76. The zero-order valence-electron chi connectivity index (χ0n) is 10.5. The van der Waals surface area contributed by atoms with Gasteiger partial charge in [0.15, 0.2) is 5.78 Å². The molecule has 1 aromatic rings. The van der Waals surface area contributed by atoms with Crippen molar-refractivity contribution in [2.24, 2.45) is 4.40 Å². The van der Waals surface area contributed by atoms with Gasteiger partial charge in [0, 0.05) is 0 Å². The fourth-order valence-corrected chi connectivity index (χ4v) is 3.47. The number of halogens is 2. The Morgan fingerprint density at radius 2 is 1.70 bits per heavy atom. The zero-order valence-corrected chi connectivity index (χ0v) is 12.8. The quantitative estimate of drug-likeness (QED) is 0.782. The lowest BCUT2D eigenvalue weighted by Crippen LogP contribution is -2.36. The second kappa shape index (κ2) is 5.68. The smallest absolute Gasteiger partial charge is 0.282 e. The number of rotatable bonds is 2. The summed E-state index contributed by atoms with van der Waals surface area (Å²) in [5, 5.41) is -1.97. The number of allylic oxidation sites excluding steroid dienone is 2. The minimum Gasteiger partial charge on any atom is -0.293 e. The number of ketones is 1. The summed E-state index contributed by atoms with van der Waals surface area (Å²) >= 11 is 11.9. The molecule has 1 aliphatic carbocycles. The molecule has 0 radical (unpaired) electrons. The summed E-state index contributed by atoms with van der Waals surface area (Å²) in [4.78, 5) is 11.6. The molecule has 1 aromatic carbocycles. The Kier molecular flexibility index (Phi) is 4.32. The molecule has 4 nitrogen and oxygen atoms in total. The van der Waals surface area contributed by atoms with Crippen LogP contribution in [0, 0.1) is 0 Å². The van der Waals surface area contributed by atoms with E-state index in [1.807, 2.05) is 0 Å². The first-order valence-corrected chi connectivity index (χ1v) is 8.05. The topological polar surface area (TPSA) is 63.6 Å². The predicted molar refractivity (Wildman–Crippen MR) is 79.1 cm³/mol. The average molecular weight is 332 g/mol. The van der Waals surface area contributed by atoms with Gasteiger partial charge >= 0.3 is 0 Å². The molecular formula is C13H11Cl2NO3S. The maximum atomic E-state index is 12.2. The molecule has 0 saturated heterocycles. The van der Waals surface area contributed by atoms with Crippen LogP contribution in [0.4, 0.5) is 0 Å². The van der Waals surface area contributed by atoms with Gasteiger partial charge in [-0.25, -0.2) is 0 Å². The first-order valence-electron chi connectivity index (χ1n) is 5.73. The van der Waals surface area contributed by atoms with Crippen LogP contribution in [0.3, 0.4) is 0 Å². The molecule has 2 atom stereocenters. The predicted octanol–water partition coefficient (Wildman–Crippen LogP) is 2.56. The second-order valence-corrected chi connectivity index (χ2v) is 6.84. The van der Waals surface area contributed by atoms with E-state index < -0.39 is 20.8 Å².